The molecule has 2 aromatic carbocycles. The van der Waals surface area contributed by atoms with Crippen LogP contribution in [0.3, 0.4) is 0 Å². The molecule has 4 rings (SSSR count). The monoisotopic (exact) mass is 424 g/mol. The van der Waals surface area contributed by atoms with E-state index in [2.05, 4.69) is 10.2 Å². The second-order valence-electron chi connectivity index (χ2n) is 7.04. The van der Waals surface area contributed by atoms with E-state index in [9.17, 15) is 4.79 Å². The van der Waals surface area contributed by atoms with Gasteiger partial charge in [-0.2, -0.15) is 0 Å². The lowest BCUT2D eigenvalue weighted by molar-refractivity contribution is -0.129. The van der Waals surface area contributed by atoms with E-state index in [1.165, 1.54) is 11.8 Å². The van der Waals surface area contributed by atoms with Crippen LogP contribution in [0.4, 0.5) is 0 Å². The summed E-state index contributed by atoms with van der Waals surface area (Å²) in [5.74, 6) is 1.95. The summed E-state index contributed by atoms with van der Waals surface area (Å²) in [7, 11) is 3.28. The van der Waals surface area contributed by atoms with Crippen molar-refractivity contribution in [3.63, 3.8) is 0 Å². The molecule has 7 nitrogen and oxygen atoms in total. The molecule has 0 unspecified atom stereocenters. The first-order chi connectivity index (χ1) is 14.7. The summed E-state index contributed by atoms with van der Waals surface area (Å²) in [6, 6.07) is 15.9. The number of ether oxygens (including phenoxy) is 2. The van der Waals surface area contributed by atoms with Crippen molar-refractivity contribution in [2.24, 2.45) is 0 Å². The highest BCUT2D eigenvalue weighted by Crippen LogP contribution is 2.31. The summed E-state index contributed by atoms with van der Waals surface area (Å²) in [4.78, 5) is 15.0. The molecule has 30 heavy (non-hydrogen) atoms. The predicted octanol–water partition coefficient (Wildman–Crippen LogP) is 3.57. The lowest BCUT2D eigenvalue weighted by Crippen LogP contribution is -2.34. The normalized spacial score (nSPS) is 13.1. The fraction of sp³-hybridized carbons (Fsp3) is 0.318. The van der Waals surface area contributed by atoms with Gasteiger partial charge in [0.1, 0.15) is 17.8 Å². The van der Waals surface area contributed by atoms with Crippen LogP contribution in [0.25, 0.3) is 5.69 Å². The summed E-state index contributed by atoms with van der Waals surface area (Å²) in [6.45, 7) is 0.604. The Morgan fingerprint density at radius 3 is 2.60 bits per heavy atom. The van der Waals surface area contributed by atoms with E-state index in [0.29, 0.717) is 23.5 Å². The first kappa shape index (κ1) is 20.3. The number of carbonyl (C=O) groups is 1. The zero-order valence-corrected chi connectivity index (χ0v) is 17.8. The maximum atomic E-state index is 13.0. The lowest BCUT2D eigenvalue weighted by Gasteiger charge is -2.22. The average Bonchev–Trinajstić information content (AvgIpc) is 3.53. The number of carbonyl (C=O) groups excluding carboxylic acids is 1. The van der Waals surface area contributed by atoms with Crippen LogP contribution in [0, 0.1) is 0 Å². The molecule has 3 aromatic rings. The van der Waals surface area contributed by atoms with Crippen molar-refractivity contribution in [2.45, 2.75) is 30.6 Å². The number of hydrogen-bond acceptors (Lipinski definition) is 6. The van der Waals surface area contributed by atoms with Gasteiger partial charge in [-0.15, -0.1) is 10.2 Å². The third-order valence-electron chi connectivity index (χ3n) is 5.01. The molecule has 156 valence electrons. The minimum atomic E-state index is 0.105. The van der Waals surface area contributed by atoms with Crippen LogP contribution in [-0.4, -0.2) is 51.6 Å². The third-order valence-corrected chi connectivity index (χ3v) is 5.93. The smallest absolute Gasteiger partial charge is 0.233 e. The van der Waals surface area contributed by atoms with Gasteiger partial charge in [-0.25, -0.2) is 0 Å². The Bertz CT molecular complexity index is 1000. The largest absolute Gasteiger partial charge is 0.497 e. The Balaban J connectivity index is 1.44. The second kappa shape index (κ2) is 9.21. The summed E-state index contributed by atoms with van der Waals surface area (Å²) in [5.41, 5.74) is 1.94. The number of hydrogen-bond donors (Lipinski definition) is 0. The number of methoxy groups -OCH3 is 2. The maximum absolute atomic E-state index is 13.0. The number of nitrogens with zero attached hydrogens (tertiary/aromatic N) is 4. The minimum Gasteiger partial charge on any atom is -0.497 e. The highest BCUT2D eigenvalue weighted by molar-refractivity contribution is 7.99. The van der Waals surface area contributed by atoms with Gasteiger partial charge in [0, 0.05) is 12.6 Å². The molecule has 1 aromatic heterocycles. The Kier molecular flexibility index (Phi) is 6.23. The van der Waals surface area contributed by atoms with Gasteiger partial charge < -0.3 is 14.4 Å². The average molecular weight is 425 g/mol. The first-order valence-corrected chi connectivity index (χ1v) is 10.8. The third kappa shape index (κ3) is 4.59. The standard InChI is InChI=1S/C22H24N4O3S/c1-28-18-11-7-16(8-12-18)13-25(17-9-10-17)21(27)14-30-22-24-23-15-26(22)19-5-3-4-6-20(19)29-2/h3-8,11-12,15,17H,9-10,13-14H2,1-2H3. The molecule has 0 N–H and O–H groups in total. The summed E-state index contributed by atoms with van der Waals surface area (Å²) < 4.78 is 12.5. The maximum Gasteiger partial charge on any atom is 0.233 e. The van der Waals surface area contributed by atoms with E-state index in [1.807, 2.05) is 58.0 Å². The van der Waals surface area contributed by atoms with Gasteiger partial charge in [-0.1, -0.05) is 36.0 Å². The van der Waals surface area contributed by atoms with Crippen molar-refractivity contribution in [3.05, 3.63) is 60.4 Å². The first-order valence-electron chi connectivity index (χ1n) is 9.78. The molecule has 0 spiro atoms. The molecule has 1 aliphatic rings. The molecule has 8 heteroatoms. The number of thioether (sulfide) groups is 1. The number of rotatable bonds is 9. The molecular formula is C22H24N4O3S. The molecule has 1 saturated carbocycles. The SMILES string of the molecule is COc1ccc(CN(C(=O)CSc2nncn2-c2ccccc2OC)C2CC2)cc1. The predicted molar refractivity (Wildman–Crippen MR) is 115 cm³/mol. The van der Waals surface area contributed by atoms with E-state index in [4.69, 9.17) is 9.47 Å². The van der Waals surface area contributed by atoms with Gasteiger partial charge in [0.2, 0.25) is 5.91 Å². The Morgan fingerprint density at radius 2 is 1.90 bits per heavy atom. The molecule has 1 amide bonds. The van der Waals surface area contributed by atoms with Gasteiger partial charge in [-0.3, -0.25) is 9.36 Å². The summed E-state index contributed by atoms with van der Waals surface area (Å²) >= 11 is 1.39. The quantitative estimate of drug-likeness (QED) is 0.489. The van der Waals surface area contributed by atoms with E-state index >= 15 is 0 Å². The van der Waals surface area contributed by atoms with Crippen molar-refractivity contribution in [1.29, 1.82) is 0 Å². The van der Waals surface area contributed by atoms with Crippen molar-refractivity contribution in [1.82, 2.24) is 19.7 Å². The molecule has 1 fully saturated rings. The number of para-hydroxylation sites is 2. The highest BCUT2D eigenvalue weighted by Gasteiger charge is 2.32. The zero-order valence-electron chi connectivity index (χ0n) is 17.0. The number of benzene rings is 2. The van der Waals surface area contributed by atoms with Crippen LogP contribution in [0.2, 0.25) is 0 Å². The highest BCUT2D eigenvalue weighted by atomic mass is 32.2. The van der Waals surface area contributed by atoms with Crippen molar-refractivity contribution in [2.75, 3.05) is 20.0 Å². The van der Waals surface area contributed by atoms with Gasteiger partial charge in [0.25, 0.3) is 0 Å². The Labute approximate surface area is 180 Å². The molecular weight excluding hydrogens is 400 g/mol. The molecule has 0 atom stereocenters. The fourth-order valence-corrected chi connectivity index (χ4v) is 4.07. The van der Waals surface area contributed by atoms with Gasteiger partial charge in [0.15, 0.2) is 5.16 Å². The second-order valence-corrected chi connectivity index (χ2v) is 7.99. The van der Waals surface area contributed by atoms with Crippen LogP contribution in [0.1, 0.15) is 18.4 Å². The van der Waals surface area contributed by atoms with Crippen LogP contribution in [0.15, 0.2) is 60.0 Å². The number of amides is 1. The van der Waals surface area contributed by atoms with Crippen LogP contribution < -0.4 is 9.47 Å². The fourth-order valence-electron chi connectivity index (χ4n) is 3.26. The van der Waals surface area contributed by atoms with Gasteiger partial charge in [-0.05, 0) is 42.7 Å². The number of aromatic nitrogens is 3. The molecule has 0 radical (unpaired) electrons. The molecule has 0 saturated heterocycles. The zero-order chi connectivity index (χ0) is 20.9. The Morgan fingerprint density at radius 1 is 1.13 bits per heavy atom. The van der Waals surface area contributed by atoms with Gasteiger partial charge in [0.05, 0.1) is 25.7 Å². The van der Waals surface area contributed by atoms with E-state index in [0.717, 1.165) is 35.6 Å². The topological polar surface area (TPSA) is 69.5 Å². The van der Waals surface area contributed by atoms with Crippen LogP contribution >= 0.6 is 11.8 Å². The Hall–Kier alpha value is -3.00. The lowest BCUT2D eigenvalue weighted by atomic mass is 10.2. The van der Waals surface area contributed by atoms with Crippen molar-refractivity contribution < 1.29 is 14.3 Å². The summed E-state index contributed by atoms with van der Waals surface area (Å²) in [6.07, 6.45) is 3.76. The molecule has 1 heterocycles. The van der Waals surface area contributed by atoms with E-state index < -0.39 is 0 Å². The van der Waals surface area contributed by atoms with Crippen molar-refractivity contribution in [3.8, 4) is 17.2 Å². The van der Waals surface area contributed by atoms with Crippen LogP contribution in [-0.2, 0) is 11.3 Å². The van der Waals surface area contributed by atoms with E-state index in [1.54, 1.807) is 20.5 Å². The van der Waals surface area contributed by atoms with Crippen LogP contribution in [0.5, 0.6) is 11.5 Å². The molecule has 1 aliphatic carbocycles. The minimum absolute atomic E-state index is 0.105. The van der Waals surface area contributed by atoms with Crippen molar-refractivity contribution >= 4 is 17.7 Å². The van der Waals surface area contributed by atoms with E-state index in [-0.39, 0.29) is 5.91 Å². The molecule has 0 aliphatic heterocycles. The molecule has 0 bridgehead atoms. The van der Waals surface area contributed by atoms with Gasteiger partial charge >= 0.3 is 0 Å². The summed E-state index contributed by atoms with van der Waals surface area (Å²) in [5, 5.41) is 8.89.